The maximum absolute atomic E-state index is 11.7. The molecule has 0 fully saturated rings. The van der Waals surface area contributed by atoms with Crippen molar-refractivity contribution in [2.45, 2.75) is 38.5 Å². The number of rotatable bonds is 14. The van der Waals surface area contributed by atoms with E-state index in [0.29, 0.717) is 26.1 Å². The number of carbonyl (C=O) groups is 2. The highest BCUT2D eigenvalue weighted by Crippen LogP contribution is 2.06. The number of carbonyl (C=O) groups excluding carboxylic acids is 2. The average molecular weight is 398 g/mol. The highest BCUT2D eigenvalue weighted by atomic mass is 16.6. The molecule has 0 amide bonds. The molecule has 0 saturated carbocycles. The Morgan fingerprint density at radius 3 is 1.41 bits per heavy atom. The lowest BCUT2D eigenvalue weighted by Crippen LogP contribution is -2.14. The van der Waals surface area contributed by atoms with E-state index in [0.717, 1.165) is 25.7 Å². The van der Waals surface area contributed by atoms with Gasteiger partial charge in [-0.15, -0.1) is 0 Å². The van der Waals surface area contributed by atoms with Crippen molar-refractivity contribution in [3.05, 3.63) is 71.8 Å². The van der Waals surface area contributed by atoms with E-state index in [1.54, 1.807) is 0 Å². The zero-order chi connectivity index (χ0) is 20.6. The molecule has 5 heteroatoms. The Morgan fingerprint density at radius 1 is 0.586 bits per heavy atom. The van der Waals surface area contributed by atoms with Gasteiger partial charge in [-0.2, -0.15) is 0 Å². The van der Waals surface area contributed by atoms with Gasteiger partial charge in [0, 0.05) is 12.8 Å². The lowest BCUT2D eigenvalue weighted by Gasteiger charge is -2.07. The summed E-state index contributed by atoms with van der Waals surface area (Å²) in [5, 5.41) is 0. The van der Waals surface area contributed by atoms with Crippen LogP contribution in [0.3, 0.4) is 0 Å². The number of benzene rings is 2. The molecule has 29 heavy (non-hydrogen) atoms. The molecule has 0 aliphatic heterocycles. The van der Waals surface area contributed by atoms with E-state index in [4.69, 9.17) is 14.2 Å². The van der Waals surface area contributed by atoms with Crippen LogP contribution in [0.25, 0.3) is 0 Å². The third-order valence-corrected chi connectivity index (χ3v) is 4.36. The van der Waals surface area contributed by atoms with Crippen LogP contribution in [0.1, 0.15) is 36.8 Å². The molecular formula is C24H30O5. The Hall–Kier alpha value is -2.66. The summed E-state index contributed by atoms with van der Waals surface area (Å²) in [7, 11) is 0. The normalized spacial score (nSPS) is 10.5. The largest absolute Gasteiger partial charge is 0.463 e. The minimum atomic E-state index is -0.214. The predicted octanol–water partition coefficient (Wildman–Crippen LogP) is 4.14. The summed E-state index contributed by atoms with van der Waals surface area (Å²) >= 11 is 0. The number of hydrogen-bond acceptors (Lipinski definition) is 5. The number of esters is 2. The van der Waals surface area contributed by atoms with Crippen molar-refractivity contribution >= 4 is 11.9 Å². The van der Waals surface area contributed by atoms with Gasteiger partial charge in [0.25, 0.3) is 0 Å². The van der Waals surface area contributed by atoms with Crippen molar-refractivity contribution in [3.63, 3.8) is 0 Å². The predicted molar refractivity (Wildman–Crippen MR) is 111 cm³/mol. The van der Waals surface area contributed by atoms with E-state index >= 15 is 0 Å². The minimum absolute atomic E-state index is 0.214. The van der Waals surface area contributed by atoms with Crippen LogP contribution in [-0.4, -0.2) is 38.4 Å². The average Bonchev–Trinajstić information content (AvgIpc) is 2.74. The van der Waals surface area contributed by atoms with Crippen LogP contribution in [0.5, 0.6) is 0 Å². The molecule has 2 aromatic carbocycles. The fourth-order valence-electron chi connectivity index (χ4n) is 2.84. The zero-order valence-corrected chi connectivity index (χ0v) is 16.9. The van der Waals surface area contributed by atoms with Crippen molar-refractivity contribution in [1.29, 1.82) is 0 Å². The van der Waals surface area contributed by atoms with Gasteiger partial charge in [-0.1, -0.05) is 60.7 Å². The van der Waals surface area contributed by atoms with E-state index < -0.39 is 0 Å². The van der Waals surface area contributed by atoms with Crippen molar-refractivity contribution in [3.8, 4) is 0 Å². The zero-order valence-electron chi connectivity index (χ0n) is 16.9. The molecule has 0 heterocycles. The molecule has 0 aliphatic carbocycles. The number of hydrogen-bond donors (Lipinski definition) is 0. The van der Waals surface area contributed by atoms with Crippen molar-refractivity contribution in [2.75, 3.05) is 26.4 Å². The van der Waals surface area contributed by atoms with E-state index in [9.17, 15) is 9.59 Å². The van der Waals surface area contributed by atoms with Gasteiger partial charge in [-0.25, -0.2) is 0 Å². The standard InChI is InChI=1S/C24H30O5/c25-23(15-7-13-21-9-3-1-4-10-21)28-19-17-27-18-20-29-24(26)16-8-14-22-11-5-2-6-12-22/h1-6,9-12H,7-8,13-20H2. The molecule has 0 unspecified atom stereocenters. The van der Waals surface area contributed by atoms with E-state index in [2.05, 4.69) is 24.3 Å². The molecule has 0 spiro atoms. The molecule has 0 aliphatic rings. The van der Waals surface area contributed by atoms with E-state index in [1.165, 1.54) is 11.1 Å². The van der Waals surface area contributed by atoms with Crippen LogP contribution in [0, 0.1) is 0 Å². The fourth-order valence-corrected chi connectivity index (χ4v) is 2.84. The molecule has 0 N–H and O–H groups in total. The Labute approximate surface area is 173 Å². The number of ether oxygens (including phenoxy) is 3. The van der Waals surface area contributed by atoms with Gasteiger partial charge in [0.05, 0.1) is 13.2 Å². The third kappa shape index (κ3) is 11.1. The SMILES string of the molecule is O=C(CCCc1ccccc1)OCCOCCOC(=O)CCCc1ccccc1. The summed E-state index contributed by atoms with van der Waals surface area (Å²) < 4.78 is 15.6. The first-order valence-corrected chi connectivity index (χ1v) is 10.2. The molecular weight excluding hydrogens is 368 g/mol. The van der Waals surface area contributed by atoms with Crippen LogP contribution in [0.2, 0.25) is 0 Å². The van der Waals surface area contributed by atoms with Crippen LogP contribution in [0.15, 0.2) is 60.7 Å². The monoisotopic (exact) mass is 398 g/mol. The van der Waals surface area contributed by atoms with Gasteiger partial charge < -0.3 is 14.2 Å². The molecule has 2 rings (SSSR count). The number of aryl methyl sites for hydroxylation is 2. The molecule has 0 atom stereocenters. The summed E-state index contributed by atoms with van der Waals surface area (Å²) in [6.07, 6.45) is 4.06. The van der Waals surface area contributed by atoms with Gasteiger partial charge in [-0.3, -0.25) is 9.59 Å². The van der Waals surface area contributed by atoms with Crippen molar-refractivity contribution in [2.24, 2.45) is 0 Å². The maximum atomic E-state index is 11.7. The lowest BCUT2D eigenvalue weighted by molar-refractivity contribution is -0.146. The minimum Gasteiger partial charge on any atom is -0.463 e. The Kier molecular flexibility index (Phi) is 11.2. The fraction of sp³-hybridized carbons (Fsp3) is 0.417. The van der Waals surface area contributed by atoms with E-state index in [-0.39, 0.29) is 25.2 Å². The topological polar surface area (TPSA) is 61.8 Å². The molecule has 0 bridgehead atoms. The Bertz CT molecular complexity index is 638. The van der Waals surface area contributed by atoms with Crippen LogP contribution in [-0.2, 0) is 36.6 Å². The van der Waals surface area contributed by atoms with Gasteiger partial charge in [0.15, 0.2) is 0 Å². The van der Waals surface area contributed by atoms with Gasteiger partial charge >= 0.3 is 11.9 Å². The summed E-state index contributed by atoms with van der Waals surface area (Å²) in [5.74, 6) is -0.427. The summed E-state index contributed by atoms with van der Waals surface area (Å²) in [4.78, 5) is 23.3. The lowest BCUT2D eigenvalue weighted by atomic mass is 10.1. The second kappa shape index (κ2) is 14.4. The smallest absolute Gasteiger partial charge is 0.305 e. The summed E-state index contributed by atoms with van der Waals surface area (Å²) in [5.41, 5.74) is 2.44. The van der Waals surface area contributed by atoms with E-state index in [1.807, 2.05) is 36.4 Å². The second-order valence-corrected chi connectivity index (χ2v) is 6.73. The Morgan fingerprint density at radius 2 is 1.00 bits per heavy atom. The summed E-state index contributed by atoms with van der Waals surface area (Å²) in [6.45, 7) is 1.04. The molecule has 2 aromatic rings. The first-order valence-electron chi connectivity index (χ1n) is 10.2. The van der Waals surface area contributed by atoms with Gasteiger partial charge in [0.1, 0.15) is 13.2 Å². The molecule has 0 saturated heterocycles. The second-order valence-electron chi connectivity index (χ2n) is 6.73. The van der Waals surface area contributed by atoms with Crippen molar-refractivity contribution in [1.82, 2.24) is 0 Å². The Balaban J connectivity index is 1.37. The van der Waals surface area contributed by atoms with Crippen LogP contribution in [0.4, 0.5) is 0 Å². The molecule has 0 radical (unpaired) electrons. The molecule has 0 aromatic heterocycles. The highest BCUT2D eigenvalue weighted by molar-refractivity contribution is 5.69. The van der Waals surface area contributed by atoms with Crippen LogP contribution < -0.4 is 0 Å². The highest BCUT2D eigenvalue weighted by Gasteiger charge is 2.05. The quantitative estimate of drug-likeness (QED) is 0.354. The van der Waals surface area contributed by atoms with Gasteiger partial charge in [0.2, 0.25) is 0 Å². The first-order chi connectivity index (χ1) is 14.2. The molecule has 156 valence electrons. The third-order valence-electron chi connectivity index (χ3n) is 4.36. The maximum Gasteiger partial charge on any atom is 0.305 e. The molecule has 5 nitrogen and oxygen atoms in total. The van der Waals surface area contributed by atoms with Crippen molar-refractivity contribution < 1.29 is 23.8 Å². The van der Waals surface area contributed by atoms with Gasteiger partial charge in [-0.05, 0) is 36.8 Å². The summed E-state index contributed by atoms with van der Waals surface area (Å²) in [6, 6.07) is 20.1. The first kappa shape index (κ1) is 22.6. The van der Waals surface area contributed by atoms with Crippen LogP contribution >= 0.6 is 0 Å².